The molecule has 0 saturated heterocycles. The van der Waals surface area contributed by atoms with Crippen molar-refractivity contribution in [1.29, 1.82) is 0 Å². The Morgan fingerprint density at radius 2 is 1.87 bits per heavy atom. The summed E-state index contributed by atoms with van der Waals surface area (Å²) < 4.78 is 15.7. The molecule has 0 aliphatic carbocycles. The van der Waals surface area contributed by atoms with E-state index in [0.29, 0.717) is 6.61 Å². The molecule has 84 valence electrons. The molecule has 0 aliphatic rings. The molecule has 0 saturated carbocycles. The Kier molecular flexibility index (Phi) is 4.78. The van der Waals surface area contributed by atoms with E-state index < -0.39 is 0 Å². The molecular weight excluding hydrogens is 212 g/mol. The summed E-state index contributed by atoms with van der Waals surface area (Å²) in [5.41, 5.74) is 1.08. The van der Waals surface area contributed by atoms with Crippen molar-refractivity contribution in [3.05, 3.63) is 17.7 Å². The molecular formula is C11H16O3S. The van der Waals surface area contributed by atoms with Gasteiger partial charge in [-0.05, 0) is 17.9 Å². The van der Waals surface area contributed by atoms with Crippen molar-refractivity contribution in [2.45, 2.75) is 11.5 Å². The Morgan fingerprint density at radius 1 is 1.13 bits per heavy atom. The fourth-order valence-corrected chi connectivity index (χ4v) is 2.12. The van der Waals surface area contributed by atoms with E-state index in [0.717, 1.165) is 22.0 Å². The summed E-state index contributed by atoms with van der Waals surface area (Å²) in [5.74, 6) is 1.62. The average Bonchev–Trinajstić information content (AvgIpc) is 2.28. The van der Waals surface area contributed by atoms with Crippen molar-refractivity contribution in [3.63, 3.8) is 0 Å². The lowest BCUT2D eigenvalue weighted by Gasteiger charge is -2.13. The lowest BCUT2D eigenvalue weighted by Crippen LogP contribution is -1.96. The highest BCUT2D eigenvalue weighted by atomic mass is 32.2. The second-order valence-corrected chi connectivity index (χ2v) is 3.77. The third-order valence-corrected chi connectivity index (χ3v) is 2.94. The Labute approximate surface area is 94.7 Å². The minimum Gasteiger partial charge on any atom is -0.497 e. The molecule has 0 amide bonds. The second-order valence-electron chi connectivity index (χ2n) is 2.96. The van der Waals surface area contributed by atoms with Crippen LogP contribution in [0.4, 0.5) is 0 Å². The standard InChI is InChI=1S/C11H16O3S/c1-12-7-8-5-9(13-2)6-10(14-3)11(8)15-4/h5-6H,7H2,1-4H3. The topological polar surface area (TPSA) is 27.7 Å². The first-order valence-corrected chi connectivity index (χ1v) is 5.77. The van der Waals surface area contributed by atoms with E-state index in [1.54, 1.807) is 33.1 Å². The summed E-state index contributed by atoms with van der Waals surface area (Å²) in [4.78, 5) is 1.10. The van der Waals surface area contributed by atoms with Gasteiger partial charge in [0.25, 0.3) is 0 Å². The zero-order valence-corrected chi connectivity index (χ0v) is 10.3. The molecule has 15 heavy (non-hydrogen) atoms. The summed E-state index contributed by atoms with van der Waals surface area (Å²) in [6.45, 7) is 0.559. The molecule has 0 aliphatic heterocycles. The van der Waals surface area contributed by atoms with Gasteiger partial charge < -0.3 is 14.2 Å². The average molecular weight is 228 g/mol. The summed E-state index contributed by atoms with van der Waals surface area (Å²) in [7, 11) is 4.98. The minimum atomic E-state index is 0.559. The Bertz CT molecular complexity index is 326. The van der Waals surface area contributed by atoms with Crippen LogP contribution in [0.2, 0.25) is 0 Å². The van der Waals surface area contributed by atoms with Gasteiger partial charge in [-0.15, -0.1) is 11.8 Å². The van der Waals surface area contributed by atoms with E-state index in [1.165, 1.54) is 0 Å². The summed E-state index contributed by atoms with van der Waals surface area (Å²) in [5, 5.41) is 0. The van der Waals surface area contributed by atoms with Gasteiger partial charge in [0, 0.05) is 13.2 Å². The second kappa shape index (κ2) is 5.88. The van der Waals surface area contributed by atoms with Gasteiger partial charge in [-0.3, -0.25) is 0 Å². The maximum Gasteiger partial charge on any atom is 0.136 e. The molecule has 1 aromatic carbocycles. The number of methoxy groups -OCH3 is 3. The van der Waals surface area contributed by atoms with Crippen LogP contribution < -0.4 is 9.47 Å². The third-order valence-electron chi connectivity index (χ3n) is 2.06. The van der Waals surface area contributed by atoms with Crippen molar-refractivity contribution in [2.75, 3.05) is 27.6 Å². The van der Waals surface area contributed by atoms with E-state index in [9.17, 15) is 0 Å². The fourth-order valence-electron chi connectivity index (χ4n) is 1.40. The molecule has 1 aromatic rings. The Balaban J connectivity index is 3.19. The van der Waals surface area contributed by atoms with Crippen LogP contribution in [0, 0.1) is 0 Å². The van der Waals surface area contributed by atoms with Crippen molar-refractivity contribution in [1.82, 2.24) is 0 Å². The van der Waals surface area contributed by atoms with Gasteiger partial charge in [0.15, 0.2) is 0 Å². The number of ether oxygens (including phenoxy) is 3. The van der Waals surface area contributed by atoms with Crippen LogP contribution in [-0.4, -0.2) is 27.6 Å². The van der Waals surface area contributed by atoms with E-state index >= 15 is 0 Å². The van der Waals surface area contributed by atoms with Crippen LogP contribution in [0.15, 0.2) is 17.0 Å². The molecule has 0 fully saturated rings. The molecule has 0 bridgehead atoms. The van der Waals surface area contributed by atoms with Gasteiger partial charge in [-0.2, -0.15) is 0 Å². The van der Waals surface area contributed by atoms with E-state index in [2.05, 4.69) is 0 Å². The number of benzene rings is 1. The first-order chi connectivity index (χ1) is 7.26. The Hall–Kier alpha value is -0.870. The predicted molar refractivity (Wildman–Crippen MR) is 62.0 cm³/mol. The highest BCUT2D eigenvalue weighted by Gasteiger charge is 2.11. The van der Waals surface area contributed by atoms with Gasteiger partial charge in [0.2, 0.25) is 0 Å². The molecule has 0 spiro atoms. The maximum absolute atomic E-state index is 5.31. The molecule has 0 heterocycles. The van der Waals surface area contributed by atoms with Gasteiger partial charge in [0.1, 0.15) is 11.5 Å². The number of hydrogen-bond acceptors (Lipinski definition) is 4. The first kappa shape index (κ1) is 12.2. The highest BCUT2D eigenvalue weighted by Crippen LogP contribution is 2.35. The van der Waals surface area contributed by atoms with Crippen LogP contribution >= 0.6 is 11.8 Å². The zero-order chi connectivity index (χ0) is 11.3. The molecule has 0 radical (unpaired) electrons. The quantitative estimate of drug-likeness (QED) is 0.724. The summed E-state index contributed by atoms with van der Waals surface area (Å²) in [6, 6.07) is 3.85. The zero-order valence-electron chi connectivity index (χ0n) is 9.49. The van der Waals surface area contributed by atoms with Gasteiger partial charge in [-0.25, -0.2) is 0 Å². The summed E-state index contributed by atoms with van der Waals surface area (Å²) >= 11 is 1.65. The molecule has 4 heteroatoms. The normalized spacial score (nSPS) is 10.1. The lowest BCUT2D eigenvalue weighted by atomic mass is 10.2. The van der Waals surface area contributed by atoms with Crippen molar-refractivity contribution in [3.8, 4) is 11.5 Å². The first-order valence-electron chi connectivity index (χ1n) is 4.54. The van der Waals surface area contributed by atoms with Gasteiger partial charge >= 0.3 is 0 Å². The molecule has 3 nitrogen and oxygen atoms in total. The largest absolute Gasteiger partial charge is 0.497 e. The van der Waals surface area contributed by atoms with Crippen LogP contribution in [0.3, 0.4) is 0 Å². The van der Waals surface area contributed by atoms with E-state index in [4.69, 9.17) is 14.2 Å². The maximum atomic E-state index is 5.31. The van der Waals surface area contributed by atoms with Crippen molar-refractivity contribution >= 4 is 11.8 Å². The van der Waals surface area contributed by atoms with Gasteiger partial charge in [-0.1, -0.05) is 0 Å². The fraction of sp³-hybridized carbons (Fsp3) is 0.455. The molecule has 0 aromatic heterocycles. The van der Waals surface area contributed by atoms with Crippen LogP contribution in [-0.2, 0) is 11.3 Å². The molecule has 0 unspecified atom stereocenters. The monoisotopic (exact) mass is 228 g/mol. The molecule has 0 atom stereocenters. The van der Waals surface area contributed by atoms with Crippen LogP contribution in [0.1, 0.15) is 5.56 Å². The molecule has 0 N–H and O–H groups in total. The van der Waals surface area contributed by atoms with E-state index in [-0.39, 0.29) is 0 Å². The van der Waals surface area contributed by atoms with Crippen LogP contribution in [0.25, 0.3) is 0 Å². The molecule has 1 rings (SSSR count). The number of hydrogen-bond donors (Lipinski definition) is 0. The SMILES string of the molecule is COCc1cc(OC)cc(OC)c1SC. The predicted octanol–water partition coefficient (Wildman–Crippen LogP) is 2.57. The Morgan fingerprint density at radius 3 is 2.33 bits per heavy atom. The lowest BCUT2D eigenvalue weighted by molar-refractivity contribution is 0.182. The van der Waals surface area contributed by atoms with Crippen molar-refractivity contribution in [2.24, 2.45) is 0 Å². The van der Waals surface area contributed by atoms with Crippen molar-refractivity contribution < 1.29 is 14.2 Å². The number of rotatable bonds is 5. The van der Waals surface area contributed by atoms with Crippen LogP contribution in [0.5, 0.6) is 11.5 Å². The smallest absolute Gasteiger partial charge is 0.136 e. The summed E-state index contributed by atoms with van der Waals surface area (Å²) in [6.07, 6.45) is 2.02. The number of thioether (sulfide) groups is 1. The van der Waals surface area contributed by atoms with E-state index in [1.807, 2.05) is 18.4 Å². The third kappa shape index (κ3) is 2.79. The highest BCUT2D eigenvalue weighted by molar-refractivity contribution is 7.98. The van der Waals surface area contributed by atoms with Gasteiger partial charge in [0.05, 0.1) is 25.7 Å². The minimum absolute atomic E-state index is 0.559.